The fourth-order valence-electron chi connectivity index (χ4n) is 3.94. The van der Waals surface area contributed by atoms with Crippen molar-refractivity contribution in [2.24, 2.45) is 0 Å². The van der Waals surface area contributed by atoms with Crippen molar-refractivity contribution >= 4 is 38.5 Å². The van der Waals surface area contributed by atoms with Crippen LogP contribution in [-0.2, 0) is 10.0 Å². The van der Waals surface area contributed by atoms with E-state index < -0.39 is 10.0 Å². The summed E-state index contributed by atoms with van der Waals surface area (Å²) in [5.74, 6) is 0.312. The van der Waals surface area contributed by atoms with E-state index in [1.807, 2.05) is 24.3 Å². The number of carbonyl (C=O) groups excluding carboxylic acids is 1. The Morgan fingerprint density at radius 2 is 1.88 bits per heavy atom. The number of nitrogens with one attached hydrogen (secondary N) is 1. The van der Waals surface area contributed by atoms with Crippen LogP contribution in [-0.4, -0.2) is 52.5 Å². The van der Waals surface area contributed by atoms with E-state index in [4.69, 9.17) is 4.42 Å². The lowest BCUT2D eigenvalue weighted by Crippen LogP contribution is -2.35. The number of fused-ring (bicyclic) bond motifs is 1. The molecule has 1 saturated heterocycles. The molecule has 0 atom stereocenters. The number of para-hydroxylation sites is 1. The maximum absolute atomic E-state index is 13.0. The van der Waals surface area contributed by atoms with Crippen molar-refractivity contribution in [3.8, 4) is 11.5 Å². The Morgan fingerprint density at radius 3 is 2.73 bits per heavy atom. The minimum Gasteiger partial charge on any atom is -0.411 e. The fraction of sp³-hybridized carbons (Fsp3) is 0.261. The molecule has 1 N–H and O–H groups in total. The molecule has 1 aliphatic heterocycles. The predicted molar refractivity (Wildman–Crippen MR) is 126 cm³/mol. The summed E-state index contributed by atoms with van der Waals surface area (Å²) < 4.78 is 33.2. The van der Waals surface area contributed by atoms with Crippen molar-refractivity contribution < 1.29 is 17.6 Å². The molecule has 10 heteroatoms. The van der Waals surface area contributed by atoms with Gasteiger partial charge in [-0.3, -0.25) is 4.79 Å². The van der Waals surface area contributed by atoms with E-state index in [0.717, 1.165) is 41.9 Å². The second kappa shape index (κ2) is 9.12. The van der Waals surface area contributed by atoms with Gasteiger partial charge in [0.1, 0.15) is 0 Å². The first-order valence-electron chi connectivity index (χ1n) is 10.7. The monoisotopic (exact) mass is 482 g/mol. The Kier molecular flexibility index (Phi) is 6.05. The highest BCUT2D eigenvalue weighted by molar-refractivity contribution is 7.99. The third-order valence-corrected chi connectivity index (χ3v) is 8.37. The second-order valence-electron chi connectivity index (χ2n) is 7.83. The number of piperidine rings is 1. The third-order valence-electron chi connectivity index (χ3n) is 5.66. The van der Waals surface area contributed by atoms with Crippen LogP contribution in [0.2, 0.25) is 0 Å². The number of H-pyrrole nitrogens is 1. The van der Waals surface area contributed by atoms with Gasteiger partial charge in [0.2, 0.25) is 15.9 Å². The molecule has 0 unspecified atom stereocenters. The SMILES string of the molecule is O=C(CSc1nnc(-c2cccc(S(=O)(=O)N3CCCCC3)c2)o1)c1c[nH]c2ccccc12. The van der Waals surface area contributed by atoms with Gasteiger partial charge in [0.15, 0.2) is 5.78 Å². The first-order valence-corrected chi connectivity index (χ1v) is 13.1. The number of benzene rings is 2. The molecule has 2 aromatic carbocycles. The van der Waals surface area contributed by atoms with Crippen molar-refractivity contribution in [2.45, 2.75) is 29.4 Å². The van der Waals surface area contributed by atoms with Gasteiger partial charge in [-0.2, -0.15) is 4.31 Å². The summed E-state index contributed by atoms with van der Waals surface area (Å²) in [6.07, 6.45) is 4.51. The first kappa shape index (κ1) is 21.9. The molecule has 0 radical (unpaired) electrons. The maximum atomic E-state index is 13.0. The van der Waals surface area contributed by atoms with Crippen LogP contribution in [0.15, 0.2) is 69.3 Å². The average Bonchev–Trinajstić information content (AvgIpc) is 3.51. The van der Waals surface area contributed by atoms with Gasteiger partial charge in [-0.15, -0.1) is 10.2 Å². The minimum absolute atomic E-state index is 0.0492. The smallest absolute Gasteiger partial charge is 0.277 e. The van der Waals surface area contributed by atoms with Crippen LogP contribution < -0.4 is 0 Å². The highest BCUT2D eigenvalue weighted by atomic mass is 32.2. The number of thioether (sulfide) groups is 1. The quantitative estimate of drug-likeness (QED) is 0.308. The molecule has 1 fully saturated rings. The molecule has 1 aliphatic rings. The number of hydrogen-bond acceptors (Lipinski definition) is 7. The zero-order valence-electron chi connectivity index (χ0n) is 17.7. The summed E-state index contributed by atoms with van der Waals surface area (Å²) in [5.41, 5.74) is 2.05. The van der Waals surface area contributed by atoms with Crippen LogP contribution in [0.25, 0.3) is 22.4 Å². The number of carbonyl (C=O) groups is 1. The topological polar surface area (TPSA) is 109 Å². The summed E-state index contributed by atoms with van der Waals surface area (Å²) in [6, 6.07) is 14.2. The van der Waals surface area contributed by atoms with Gasteiger partial charge < -0.3 is 9.40 Å². The van der Waals surface area contributed by atoms with Gasteiger partial charge in [-0.25, -0.2) is 8.42 Å². The number of aromatic nitrogens is 3. The molecule has 0 saturated carbocycles. The van der Waals surface area contributed by atoms with E-state index in [9.17, 15) is 13.2 Å². The number of aromatic amines is 1. The molecule has 0 aliphatic carbocycles. The molecule has 33 heavy (non-hydrogen) atoms. The van der Waals surface area contributed by atoms with Gasteiger partial charge in [0, 0.05) is 41.3 Å². The van der Waals surface area contributed by atoms with Crippen LogP contribution in [0.3, 0.4) is 0 Å². The normalized spacial score (nSPS) is 15.2. The number of rotatable bonds is 7. The molecule has 4 aromatic rings. The Morgan fingerprint density at radius 1 is 1.06 bits per heavy atom. The van der Waals surface area contributed by atoms with Crippen molar-refractivity contribution in [1.82, 2.24) is 19.5 Å². The zero-order chi connectivity index (χ0) is 22.8. The molecule has 2 aromatic heterocycles. The van der Waals surface area contributed by atoms with E-state index in [1.165, 1.54) is 4.31 Å². The Labute approximate surface area is 195 Å². The minimum atomic E-state index is -3.56. The van der Waals surface area contributed by atoms with Crippen molar-refractivity contribution in [3.63, 3.8) is 0 Å². The van der Waals surface area contributed by atoms with Crippen molar-refractivity contribution in [1.29, 1.82) is 0 Å². The van der Waals surface area contributed by atoms with Crippen LogP contribution in [0.4, 0.5) is 0 Å². The number of hydrogen-bond donors (Lipinski definition) is 1. The Hall–Kier alpha value is -2.95. The summed E-state index contributed by atoms with van der Waals surface area (Å²) in [6.45, 7) is 1.08. The molecule has 8 nitrogen and oxygen atoms in total. The molecular formula is C23H22N4O4S2. The van der Waals surface area contributed by atoms with E-state index in [2.05, 4.69) is 15.2 Å². The molecule has 0 amide bonds. The van der Waals surface area contributed by atoms with Gasteiger partial charge in [-0.05, 0) is 37.1 Å². The van der Waals surface area contributed by atoms with Crippen LogP contribution in [0, 0.1) is 0 Å². The predicted octanol–water partition coefficient (Wildman–Crippen LogP) is 4.37. The molecule has 170 valence electrons. The number of ketones is 1. The number of Topliss-reactive ketones (excluding diaryl/α,β-unsaturated/α-hetero) is 1. The summed E-state index contributed by atoms with van der Waals surface area (Å²) in [4.78, 5) is 16.0. The maximum Gasteiger partial charge on any atom is 0.277 e. The van der Waals surface area contributed by atoms with E-state index in [0.29, 0.717) is 24.2 Å². The number of nitrogens with zero attached hydrogens (tertiary/aromatic N) is 3. The fourth-order valence-corrected chi connectivity index (χ4v) is 6.15. The highest BCUT2D eigenvalue weighted by Gasteiger charge is 2.26. The van der Waals surface area contributed by atoms with Crippen LogP contribution >= 0.6 is 11.8 Å². The summed E-state index contributed by atoms with van der Waals surface area (Å²) >= 11 is 1.15. The molecule has 5 rings (SSSR count). The van der Waals surface area contributed by atoms with E-state index >= 15 is 0 Å². The standard InChI is InChI=1S/C23H22N4O4S2/c28-21(19-14-24-20-10-3-2-9-18(19)20)15-32-23-26-25-22(31-23)16-7-6-8-17(13-16)33(29,30)27-11-4-1-5-12-27/h2-3,6-10,13-14,24H,1,4-5,11-12,15H2. The summed E-state index contributed by atoms with van der Waals surface area (Å²) in [5, 5.41) is 9.19. The van der Waals surface area contributed by atoms with Crippen molar-refractivity contribution in [3.05, 3.63) is 60.3 Å². The van der Waals surface area contributed by atoms with Gasteiger partial charge in [0.05, 0.1) is 10.6 Å². The molecule has 0 bridgehead atoms. The van der Waals surface area contributed by atoms with Gasteiger partial charge in [-0.1, -0.05) is 42.4 Å². The highest BCUT2D eigenvalue weighted by Crippen LogP contribution is 2.28. The number of sulfonamides is 1. The first-order chi connectivity index (χ1) is 16.0. The third kappa shape index (κ3) is 4.46. The average molecular weight is 483 g/mol. The second-order valence-corrected chi connectivity index (χ2v) is 10.7. The Bertz CT molecular complexity index is 1400. The molecular weight excluding hydrogens is 460 g/mol. The lowest BCUT2D eigenvalue weighted by molar-refractivity contribution is 0.102. The van der Waals surface area contributed by atoms with E-state index in [-0.39, 0.29) is 27.5 Å². The van der Waals surface area contributed by atoms with Gasteiger partial charge in [0.25, 0.3) is 5.22 Å². The lowest BCUT2D eigenvalue weighted by Gasteiger charge is -2.25. The summed E-state index contributed by atoms with van der Waals surface area (Å²) in [7, 11) is -3.56. The van der Waals surface area contributed by atoms with E-state index in [1.54, 1.807) is 30.5 Å². The largest absolute Gasteiger partial charge is 0.411 e. The van der Waals surface area contributed by atoms with Crippen LogP contribution in [0.5, 0.6) is 0 Å². The van der Waals surface area contributed by atoms with Crippen molar-refractivity contribution in [2.75, 3.05) is 18.8 Å². The molecule has 0 spiro atoms. The zero-order valence-corrected chi connectivity index (χ0v) is 19.4. The molecule has 3 heterocycles. The van der Waals surface area contributed by atoms with Crippen LogP contribution in [0.1, 0.15) is 29.6 Å². The van der Waals surface area contributed by atoms with Gasteiger partial charge >= 0.3 is 0 Å². The lowest BCUT2D eigenvalue weighted by atomic mass is 10.1. The Balaban J connectivity index is 1.30.